The van der Waals surface area contributed by atoms with Gasteiger partial charge in [-0.15, -0.1) is 0 Å². The average molecular weight is 383 g/mol. The Labute approximate surface area is 166 Å². The third-order valence-electron chi connectivity index (χ3n) is 6.57. The van der Waals surface area contributed by atoms with Crippen LogP contribution in [0, 0.1) is 5.92 Å². The summed E-state index contributed by atoms with van der Waals surface area (Å²) in [6, 6.07) is 1.51. The molecule has 0 bridgehead atoms. The lowest BCUT2D eigenvalue weighted by atomic mass is 9.83. The van der Waals surface area contributed by atoms with E-state index in [0.29, 0.717) is 38.0 Å². The van der Waals surface area contributed by atoms with Gasteiger partial charge in [0, 0.05) is 43.4 Å². The summed E-state index contributed by atoms with van der Waals surface area (Å²) < 4.78 is 0. The molecule has 1 aliphatic carbocycles. The molecular formula is C22H29N3O3. The Morgan fingerprint density at radius 3 is 2.71 bits per heavy atom. The van der Waals surface area contributed by atoms with Gasteiger partial charge in [-0.25, -0.2) is 0 Å². The summed E-state index contributed by atoms with van der Waals surface area (Å²) in [5.41, 5.74) is 3.02. The van der Waals surface area contributed by atoms with Crippen molar-refractivity contribution in [3.63, 3.8) is 0 Å². The first-order valence-electron chi connectivity index (χ1n) is 10.3. The standard InChI is InChI=1S/C22H29N3O3/c1-4-18(21(27)24-11-8-15(9-12-24)22(2,3)28)25-13-14-7-10-23-17-6-5-16(19(14)17)20(25)26/h5,7,10,15,18,28H,4,6,8-9,11-13H2,1-3H3/t18-/m1/s1. The Hall–Kier alpha value is -2.21. The van der Waals surface area contributed by atoms with Crippen molar-refractivity contribution < 1.29 is 14.7 Å². The molecule has 1 saturated heterocycles. The zero-order valence-electron chi connectivity index (χ0n) is 16.9. The van der Waals surface area contributed by atoms with Gasteiger partial charge in [0.05, 0.1) is 11.3 Å². The third-order valence-corrected chi connectivity index (χ3v) is 6.57. The van der Waals surface area contributed by atoms with Crippen molar-refractivity contribution in [1.82, 2.24) is 14.8 Å². The van der Waals surface area contributed by atoms with E-state index in [2.05, 4.69) is 4.98 Å². The summed E-state index contributed by atoms with van der Waals surface area (Å²) in [6.07, 6.45) is 6.61. The number of aromatic nitrogens is 1. The molecule has 150 valence electrons. The van der Waals surface area contributed by atoms with Crippen molar-refractivity contribution in [3.8, 4) is 0 Å². The molecule has 0 saturated carbocycles. The van der Waals surface area contributed by atoms with E-state index < -0.39 is 11.6 Å². The van der Waals surface area contributed by atoms with E-state index in [-0.39, 0.29) is 17.7 Å². The highest BCUT2D eigenvalue weighted by atomic mass is 16.3. The maximum Gasteiger partial charge on any atom is 0.255 e. The highest BCUT2D eigenvalue weighted by Crippen LogP contribution is 2.37. The van der Waals surface area contributed by atoms with Gasteiger partial charge in [0.1, 0.15) is 6.04 Å². The molecule has 1 aromatic rings. The normalized spacial score (nSPS) is 20.9. The van der Waals surface area contributed by atoms with E-state index in [1.165, 1.54) is 0 Å². The minimum atomic E-state index is -0.716. The highest BCUT2D eigenvalue weighted by molar-refractivity contribution is 6.22. The maximum atomic E-state index is 13.3. The van der Waals surface area contributed by atoms with Gasteiger partial charge in [0.15, 0.2) is 0 Å². The van der Waals surface area contributed by atoms with Crippen molar-refractivity contribution >= 4 is 17.4 Å². The monoisotopic (exact) mass is 383 g/mol. The predicted octanol–water partition coefficient (Wildman–Crippen LogP) is 2.15. The van der Waals surface area contributed by atoms with Gasteiger partial charge < -0.3 is 14.9 Å². The first-order chi connectivity index (χ1) is 13.3. The molecule has 3 heterocycles. The largest absolute Gasteiger partial charge is 0.390 e. The van der Waals surface area contributed by atoms with Crippen LogP contribution in [0.4, 0.5) is 0 Å². The number of carbonyl (C=O) groups excluding carboxylic acids is 2. The summed E-state index contributed by atoms with van der Waals surface area (Å²) >= 11 is 0. The zero-order valence-corrected chi connectivity index (χ0v) is 16.9. The maximum absolute atomic E-state index is 13.3. The van der Waals surface area contributed by atoms with Crippen molar-refractivity contribution in [3.05, 3.63) is 35.2 Å². The summed E-state index contributed by atoms with van der Waals surface area (Å²) in [5, 5.41) is 10.2. The van der Waals surface area contributed by atoms with Crippen molar-refractivity contribution in [2.45, 2.75) is 64.6 Å². The first-order valence-corrected chi connectivity index (χ1v) is 10.3. The molecular weight excluding hydrogens is 354 g/mol. The molecule has 0 radical (unpaired) electrons. The molecule has 2 amide bonds. The number of piperidine rings is 1. The van der Waals surface area contributed by atoms with Crippen molar-refractivity contribution in [2.24, 2.45) is 5.92 Å². The van der Waals surface area contributed by atoms with E-state index in [1.807, 2.05) is 37.8 Å². The van der Waals surface area contributed by atoms with E-state index in [4.69, 9.17) is 0 Å². The molecule has 6 heteroatoms. The second kappa shape index (κ2) is 6.99. The van der Waals surface area contributed by atoms with E-state index in [1.54, 1.807) is 11.1 Å². The number of nitrogens with zero attached hydrogens (tertiary/aromatic N) is 3. The lowest BCUT2D eigenvalue weighted by molar-refractivity contribution is -0.146. The second-order valence-electron chi connectivity index (χ2n) is 8.72. The van der Waals surface area contributed by atoms with Crippen LogP contribution in [-0.2, 0) is 22.6 Å². The van der Waals surface area contributed by atoms with E-state index in [0.717, 1.165) is 29.7 Å². The predicted molar refractivity (Wildman–Crippen MR) is 106 cm³/mol. The fourth-order valence-electron chi connectivity index (χ4n) is 4.87. The molecule has 1 aromatic heterocycles. The smallest absolute Gasteiger partial charge is 0.255 e. The van der Waals surface area contributed by atoms with Crippen LogP contribution < -0.4 is 0 Å². The number of hydrogen-bond donors (Lipinski definition) is 1. The number of hydrogen-bond acceptors (Lipinski definition) is 4. The highest BCUT2D eigenvalue weighted by Gasteiger charge is 2.40. The van der Waals surface area contributed by atoms with Crippen LogP contribution in [0.5, 0.6) is 0 Å². The van der Waals surface area contributed by atoms with Crippen LogP contribution in [-0.4, -0.2) is 56.4 Å². The molecule has 1 atom stereocenters. The van der Waals surface area contributed by atoms with Crippen LogP contribution in [0.2, 0.25) is 0 Å². The third kappa shape index (κ3) is 3.13. The van der Waals surface area contributed by atoms with Crippen LogP contribution in [0.1, 0.15) is 56.9 Å². The lowest BCUT2D eigenvalue weighted by Crippen LogP contribution is -2.54. The van der Waals surface area contributed by atoms with Gasteiger partial charge in [0.25, 0.3) is 5.91 Å². The molecule has 3 aliphatic rings. The number of rotatable bonds is 4. The van der Waals surface area contributed by atoms with Crippen LogP contribution in [0.3, 0.4) is 0 Å². The molecule has 4 rings (SSSR count). The molecule has 0 aromatic carbocycles. The van der Waals surface area contributed by atoms with Crippen LogP contribution >= 0.6 is 0 Å². The van der Waals surface area contributed by atoms with Gasteiger partial charge in [-0.05, 0) is 50.7 Å². The fraction of sp³-hybridized carbons (Fsp3) is 0.591. The van der Waals surface area contributed by atoms with Crippen LogP contribution in [0.15, 0.2) is 18.3 Å². The van der Waals surface area contributed by atoms with Gasteiger partial charge in [0.2, 0.25) is 5.91 Å². The number of aliphatic hydroxyl groups is 1. The quantitative estimate of drug-likeness (QED) is 0.865. The zero-order chi connectivity index (χ0) is 20.1. The van der Waals surface area contributed by atoms with Crippen LogP contribution in [0.25, 0.3) is 5.57 Å². The summed E-state index contributed by atoms with van der Waals surface area (Å²) in [5.74, 6) is 0.182. The van der Waals surface area contributed by atoms with Gasteiger partial charge in [-0.3, -0.25) is 14.6 Å². The molecule has 0 spiro atoms. The molecule has 1 fully saturated rings. The van der Waals surface area contributed by atoms with Gasteiger partial charge >= 0.3 is 0 Å². The number of allylic oxidation sites excluding steroid dienone is 1. The number of carbonyl (C=O) groups is 2. The number of pyridine rings is 1. The first kappa shape index (κ1) is 19.1. The molecule has 1 N–H and O–H groups in total. The van der Waals surface area contributed by atoms with Crippen molar-refractivity contribution in [1.29, 1.82) is 0 Å². The summed E-state index contributed by atoms with van der Waals surface area (Å²) in [7, 11) is 0. The number of amides is 2. The van der Waals surface area contributed by atoms with Gasteiger partial charge in [-0.1, -0.05) is 13.0 Å². The minimum absolute atomic E-state index is 0.0290. The van der Waals surface area contributed by atoms with E-state index >= 15 is 0 Å². The Balaban J connectivity index is 1.52. The Morgan fingerprint density at radius 1 is 1.36 bits per heavy atom. The van der Waals surface area contributed by atoms with E-state index in [9.17, 15) is 14.7 Å². The topological polar surface area (TPSA) is 73.7 Å². The summed E-state index contributed by atoms with van der Waals surface area (Å²) in [6.45, 7) is 7.39. The lowest BCUT2D eigenvalue weighted by Gasteiger charge is -2.41. The Morgan fingerprint density at radius 2 is 2.07 bits per heavy atom. The minimum Gasteiger partial charge on any atom is -0.390 e. The SMILES string of the molecule is CC[C@H](C(=O)N1CCC(C(C)(C)O)CC1)N1Cc2ccnc3c2C(=CC3)C1=O. The van der Waals surface area contributed by atoms with Gasteiger partial charge in [-0.2, -0.15) is 0 Å². The molecule has 6 nitrogen and oxygen atoms in total. The second-order valence-corrected chi connectivity index (χ2v) is 8.72. The Bertz CT molecular complexity index is 832. The molecule has 28 heavy (non-hydrogen) atoms. The van der Waals surface area contributed by atoms with Crippen molar-refractivity contribution in [2.75, 3.05) is 13.1 Å². The molecule has 0 unspecified atom stereocenters. The summed E-state index contributed by atoms with van der Waals surface area (Å²) in [4.78, 5) is 34.5. The average Bonchev–Trinajstić information content (AvgIpc) is 3.11. The number of likely N-dealkylation sites (tertiary alicyclic amines) is 1. The molecule has 2 aliphatic heterocycles. The fourth-order valence-corrected chi connectivity index (χ4v) is 4.87. The Kier molecular flexibility index (Phi) is 4.78.